The first-order valence-corrected chi connectivity index (χ1v) is 11.1. The molecule has 0 unspecified atom stereocenters. The largest absolute Gasteiger partial charge is 0.493 e. The number of nitrogens with one attached hydrogen (secondary N) is 1. The van der Waals surface area contributed by atoms with E-state index in [-0.39, 0.29) is 18.9 Å². The van der Waals surface area contributed by atoms with Crippen molar-refractivity contribution in [2.45, 2.75) is 32.9 Å². The maximum Gasteiger partial charge on any atom is 0.328 e. The number of benzene rings is 3. The Morgan fingerprint density at radius 1 is 1.00 bits per heavy atom. The number of fused-ring (bicyclic) bond motifs is 2. The third kappa shape index (κ3) is 4.67. The quantitative estimate of drug-likeness (QED) is 0.448. The van der Waals surface area contributed by atoms with Gasteiger partial charge in [-0.1, -0.05) is 49.4 Å². The highest BCUT2D eigenvalue weighted by atomic mass is 16.5. The monoisotopic (exact) mass is 445 g/mol. The van der Waals surface area contributed by atoms with Crippen molar-refractivity contribution in [3.63, 3.8) is 0 Å². The van der Waals surface area contributed by atoms with Crippen LogP contribution in [-0.2, 0) is 17.9 Å². The molecular weight excluding hydrogens is 418 g/mol. The van der Waals surface area contributed by atoms with Crippen LogP contribution in [0.2, 0.25) is 0 Å². The van der Waals surface area contributed by atoms with Gasteiger partial charge in [0, 0.05) is 32.1 Å². The van der Waals surface area contributed by atoms with E-state index in [2.05, 4.69) is 11.9 Å². The second kappa shape index (κ2) is 9.73. The van der Waals surface area contributed by atoms with E-state index in [0.29, 0.717) is 24.1 Å². The first kappa shape index (κ1) is 22.3. The Morgan fingerprint density at radius 3 is 2.52 bits per heavy atom. The zero-order valence-electron chi connectivity index (χ0n) is 18.8. The molecule has 1 aromatic heterocycles. The number of nitrogens with zero attached hydrogens (tertiary/aromatic N) is 2. The molecule has 0 spiro atoms. The average Bonchev–Trinajstić information content (AvgIpc) is 2.83. The van der Waals surface area contributed by atoms with Gasteiger partial charge < -0.3 is 9.64 Å². The van der Waals surface area contributed by atoms with Gasteiger partial charge in [0.05, 0.1) is 17.5 Å². The second-order valence-electron chi connectivity index (χ2n) is 8.04. The highest BCUT2D eigenvalue weighted by Crippen LogP contribution is 2.29. The Bertz CT molecular complexity index is 1420. The number of carbonyl (C=O) groups is 1. The van der Waals surface area contributed by atoms with Gasteiger partial charge in [-0.3, -0.25) is 19.1 Å². The Labute approximate surface area is 191 Å². The number of aryl methyl sites for hydroxylation is 1. The molecular formula is C26H27N3O4. The van der Waals surface area contributed by atoms with Gasteiger partial charge in [-0.15, -0.1) is 0 Å². The molecule has 1 N–H and O–H groups in total. The molecule has 170 valence electrons. The summed E-state index contributed by atoms with van der Waals surface area (Å²) in [5.74, 6) is 0.671. The topological polar surface area (TPSA) is 84.4 Å². The number of aromatic nitrogens is 2. The molecule has 0 fully saturated rings. The third-order valence-electron chi connectivity index (χ3n) is 5.73. The maximum atomic E-state index is 13.0. The molecule has 7 heteroatoms. The number of H-pyrrole nitrogens is 1. The number of hydrogen-bond donors (Lipinski definition) is 1. The van der Waals surface area contributed by atoms with Crippen molar-refractivity contribution in [2.24, 2.45) is 0 Å². The molecule has 33 heavy (non-hydrogen) atoms. The smallest absolute Gasteiger partial charge is 0.328 e. The standard InChI is InChI=1S/C26H27N3O4/c1-3-16-33-23-13-12-18-8-4-5-9-19(18)21(23)17-28(2)24(30)14-15-29-22-11-7-6-10-20(22)25(31)27-26(29)32/h4-13H,3,14-17H2,1-2H3,(H,27,31,32). The van der Waals surface area contributed by atoms with Crippen LogP contribution in [-0.4, -0.2) is 34.0 Å². The number of aromatic amines is 1. The average molecular weight is 446 g/mol. The highest BCUT2D eigenvalue weighted by molar-refractivity contribution is 5.88. The molecule has 7 nitrogen and oxygen atoms in total. The van der Waals surface area contributed by atoms with Crippen molar-refractivity contribution < 1.29 is 9.53 Å². The first-order chi connectivity index (χ1) is 16.0. The molecule has 0 radical (unpaired) electrons. The fraction of sp³-hybridized carbons (Fsp3) is 0.269. The van der Waals surface area contributed by atoms with Crippen LogP contribution < -0.4 is 16.0 Å². The van der Waals surface area contributed by atoms with Crippen molar-refractivity contribution >= 4 is 27.6 Å². The number of carbonyl (C=O) groups excluding carboxylic acids is 1. The SMILES string of the molecule is CCCOc1ccc2ccccc2c1CN(C)C(=O)CCn1c(=O)[nH]c(=O)c2ccccc21. The van der Waals surface area contributed by atoms with Gasteiger partial charge in [0.2, 0.25) is 5.91 Å². The van der Waals surface area contributed by atoms with Crippen LogP contribution in [0.15, 0.2) is 70.3 Å². The van der Waals surface area contributed by atoms with Crippen LogP contribution in [0.5, 0.6) is 5.75 Å². The predicted octanol–water partition coefficient (Wildman–Crippen LogP) is 3.68. The first-order valence-electron chi connectivity index (χ1n) is 11.1. The lowest BCUT2D eigenvalue weighted by molar-refractivity contribution is -0.130. The zero-order chi connectivity index (χ0) is 23.4. The van der Waals surface area contributed by atoms with Crippen molar-refractivity contribution in [2.75, 3.05) is 13.7 Å². The summed E-state index contributed by atoms with van der Waals surface area (Å²) in [4.78, 5) is 41.4. The summed E-state index contributed by atoms with van der Waals surface area (Å²) in [6.45, 7) is 3.22. The summed E-state index contributed by atoms with van der Waals surface area (Å²) in [6, 6.07) is 18.9. The van der Waals surface area contributed by atoms with E-state index in [0.717, 1.165) is 28.5 Å². The van der Waals surface area contributed by atoms with Gasteiger partial charge in [-0.2, -0.15) is 0 Å². The number of para-hydroxylation sites is 1. The lowest BCUT2D eigenvalue weighted by atomic mass is 10.0. The normalized spacial score (nSPS) is 11.1. The minimum absolute atomic E-state index is 0.105. The Balaban J connectivity index is 1.56. The van der Waals surface area contributed by atoms with Crippen LogP contribution in [0.25, 0.3) is 21.7 Å². The molecule has 4 aromatic rings. The Hall–Kier alpha value is -3.87. The van der Waals surface area contributed by atoms with E-state index >= 15 is 0 Å². The van der Waals surface area contributed by atoms with Gasteiger partial charge in [0.15, 0.2) is 0 Å². The zero-order valence-corrected chi connectivity index (χ0v) is 18.8. The second-order valence-corrected chi connectivity index (χ2v) is 8.04. The number of amides is 1. The lowest BCUT2D eigenvalue weighted by Crippen LogP contribution is -2.33. The van der Waals surface area contributed by atoms with Gasteiger partial charge in [0.25, 0.3) is 5.56 Å². The van der Waals surface area contributed by atoms with E-state index in [4.69, 9.17) is 4.74 Å². The Morgan fingerprint density at radius 2 is 1.73 bits per heavy atom. The van der Waals surface area contributed by atoms with Crippen LogP contribution in [0.3, 0.4) is 0 Å². The number of hydrogen-bond acceptors (Lipinski definition) is 4. The summed E-state index contributed by atoms with van der Waals surface area (Å²) in [5.41, 5.74) is 0.541. The van der Waals surface area contributed by atoms with Gasteiger partial charge in [0.1, 0.15) is 5.75 Å². The van der Waals surface area contributed by atoms with Gasteiger partial charge in [-0.25, -0.2) is 4.79 Å². The molecule has 3 aromatic carbocycles. The maximum absolute atomic E-state index is 13.0. The van der Waals surface area contributed by atoms with E-state index in [9.17, 15) is 14.4 Å². The summed E-state index contributed by atoms with van der Waals surface area (Å²) >= 11 is 0. The molecule has 0 saturated heterocycles. The summed E-state index contributed by atoms with van der Waals surface area (Å²) < 4.78 is 7.40. The van der Waals surface area contributed by atoms with Crippen LogP contribution in [0.4, 0.5) is 0 Å². The minimum atomic E-state index is -0.515. The Kier molecular flexibility index (Phi) is 6.58. The van der Waals surface area contributed by atoms with Crippen molar-refractivity contribution in [3.05, 3.63) is 87.1 Å². The van der Waals surface area contributed by atoms with E-state index in [1.54, 1.807) is 36.2 Å². The predicted molar refractivity (Wildman–Crippen MR) is 130 cm³/mol. The molecule has 1 heterocycles. The molecule has 1 amide bonds. The molecule has 0 bridgehead atoms. The molecule has 0 atom stereocenters. The highest BCUT2D eigenvalue weighted by Gasteiger charge is 2.16. The number of rotatable bonds is 8. The third-order valence-corrected chi connectivity index (χ3v) is 5.73. The van der Waals surface area contributed by atoms with Gasteiger partial charge >= 0.3 is 5.69 Å². The summed E-state index contributed by atoms with van der Waals surface area (Å²) in [6.07, 6.45) is 1.02. The fourth-order valence-corrected chi connectivity index (χ4v) is 4.01. The van der Waals surface area contributed by atoms with Gasteiger partial charge in [-0.05, 0) is 35.4 Å². The van der Waals surface area contributed by atoms with Crippen molar-refractivity contribution in [1.29, 1.82) is 0 Å². The molecule has 0 saturated carbocycles. The molecule has 4 rings (SSSR count). The van der Waals surface area contributed by atoms with E-state index in [1.165, 1.54) is 4.57 Å². The van der Waals surface area contributed by atoms with Crippen LogP contribution >= 0.6 is 0 Å². The minimum Gasteiger partial charge on any atom is -0.493 e. The van der Waals surface area contributed by atoms with E-state index < -0.39 is 11.2 Å². The fourth-order valence-electron chi connectivity index (χ4n) is 4.01. The van der Waals surface area contributed by atoms with Crippen LogP contribution in [0, 0.1) is 0 Å². The van der Waals surface area contributed by atoms with Crippen LogP contribution in [0.1, 0.15) is 25.3 Å². The molecule has 0 aliphatic heterocycles. The molecule has 0 aliphatic rings. The summed E-state index contributed by atoms with van der Waals surface area (Å²) in [7, 11) is 1.75. The van der Waals surface area contributed by atoms with Crippen molar-refractivity contribution in [1.82, 2.24) is 14.5 Å². The van der Waals surface area contributed by atoms with E-state index in [1.807, 2.05) is 36.4 Å². The van der Waals surface area contributed by atoms with Crippen molar-refractivity contribution in [3.8, 4) is 5.75 Å². The summed E-state index contributed by atoms with van der Waals surface area (Å²) in [5, 5.41) is 2.56. The number of ether oxygens (including phenoxy) is 1. The lowest BCUT2D eigenvalue weighted by Gasteiger charge is -2.21. The molecule has 0 aliphatic carbocycles.